The Labute approximate surface area is 77.9 Å². The van der Waals surface area contributed by atoms with Gasteiger partial charge in [0.2, 0.25) is 0 Å². The third-order valence-electron chi connectivity index (χ3n) is 0.831. The first-order chi connectivity index (χ1) is 4.72. The highest BCUT2D eigenvalue weighted by molar-refractivity contribution is 9.12. The molecule has 0 amide bonds. The Hall–Kier alpha value is -0.0200. The largest absolute Gasteiger partial charge is 0.398 e. The molecule has 0 spiro atoms. The molecule has 0 aromatic carbocycles. The summed E-state index contributed by atoms with van der Waals surface area (Å²) in [7, 11) is 0. The Bertz CT molecular complexity index is 160. The maximum Gasteiger partial charge on any atom is 0.0455 e. The third-order valence-corrected chi connectivity index (χ3v) is 1.82. The molecule has 0 fully saturated rings. The van der Waals surface area contributed by atoms with Crippen LogP contribution in [-0.2, 0) is 0 Å². The van der Waals surface area contributed by atoms with E-state index in [-0.39, 0.29) is 0 Å². The van der Waals surface area contributed by atoms with Crippen LogP contribution < -0.4 is 5.73 Å². The molecule has 0 saturated carbocycles. The van der Waals surface area contributed by atoms with Gasteiger partial charge in [-0.05, 0) is 40.0 Å². The quantitative estimate of drug-likeness (QED) is 0.764. The topological polar surface area (TPSA) is 26.0 Å². The second-order valence-electron chi connectivity index (χ2n) is 1.60. The van der Waals surface area contributed by atoms with Gasteiger partial charge in [0.25, 0.3) is 0 Å². The van der Waals surface area contributed by atoms with E-state index in [0.29, 0.717) is 0 Å². The van der Waals surface area contributed by atoms with Crippen LogP contribution >= 0.6 is 31.9 Å². The van der Waals surface area contributed by atoms with Gasteiger partial charge in [-0.1, -0.05) is 22.0 Å². The summed E-state index contributed by atoms with van der Waals surface area (Å²) in [6.45, 7) is 1.92. The van der Waals surface area contributed by atoms with E-state index in [1.54, 1.807) is 4.99 Å². The van der Waals surface area contributed by atoms with Crippen molar-refractivity contribution in [3.63, 3.8) is 0 Å². The second-order valence-corrected chi connectivity index (χ2v) is 2.98. The van der Waals surface area contributed by atoms with Crippen LogP contribution in [-0.4, -0.2) is 0 Å². The smallest absolute Gasteiger partial charge is 0.0455 e. The second kappa shape index (κ2) is 5.74. The van der Waals surface area contributed by atoms with E-state index < -0.39 is 0 Å². The number of halogens is 2. The van der Waals surface area contributed by atoms with Crippen molar-refractivity contribution in [2.24, 2.45) is 5.73 Å². The fraction of sp³-hybridized carbons (Fsp3) is 0.143. The standard InChI is InChI=1S/C7H9Br2N/c1-2-3-7(10)6(9)4-5-8/h2-5H,10H2,1H3/b3-2-,5-4+,7-6-. The maximum atomic E-state index is 5.59. The normalized spacial score (nSPS) is 14.7. The van der Waals surface area contributed by atoms with Crippen molar-refractivity contribution in [1.29, 1.82) is 0 Å². The molecular formula is C7H9Br2N. The molecule has 0 aromatic heterocycles. The first kappa shape index (κ1) is 9.98. The predicted octanol–water partition coefficient (Wildman–Crippen LogP) is 3.04. The first-order valence-electron chi connectivity index (χ1n) is 2.77. The minimum Gasteiger partial charge on any atom is -0.398 e. The predicted molar refractivity (Wildman–Crippen MR) is 53.0 cm³/mol. The van der Waals surface area contributed by atoms with E-state index in [1.807, 2.05) is 25.2 Å². The van der Waals surface area contributed by atoms with E-state index >= 15 is 0 Å². The van der Waals surface area contributed by atoms with Gasteiger partial charge in [-0.25, -0.2) is 0 Å². The average Bonchev–Trinajstić information content (AvgIpc) is 1.89. The van der Waals surface area contributed by atoms with Gasteiger partial charge in [-0.15, -0.1) is 0 Å². The van der Waals surface area contributed by atoms with Gasteiger partial charge in [0.05, 0.1) is 0 Å². The highest BCUT2D eigenvalue weighted by Gasteiger charge is 1.88. The molecule has 10 heavy (non-hydrogen) atoms. The number of allylic oxidation sites excluding steroid dienone is 4. The first-order valence-corrected chi connectivity index (χ1v) is 4.48. The summed E-state index contributed by atoms with van der Waals surface area (Å²) in [4.78, 5) is 1.74. The highest BCUT2D eigenvalue weighted by Crippen LogP contribution is 2.11. The molecular weight excluding hydrogens is 258 g/mol. The number of hydrogen-bond donors (Lipinski definition) is 1. The summed E-state index contributed by atoms with van der Waals surface area (Å²) in [6.07, 6.45) is 5.55. The molecule has 0 radical (unpaired) electrons. The van der Waals surface area contributed by atoms with Crippen LogP contribution in [0.5, 0.6) is 0 Å². The molecule has 0 atom stereocenters. The molecule has 0 saturated heterocycles. The fourth-order valence-electron chi connectivity index (χ4n) is 0.411. The SMILES string of the molecule is C\C=C/C(N)=C(Br)\C=C\Br. The summed E-state index contributed by atoms with van der Waals surface area (Å²) in [6, 6.07) is 0. The molecule has 3 heteroatoms. The van der Waals surface area contributed by atoms with E-state index in [1.165, 1.54) is 0 Å². The van der Waals surface area contributed by atoms with E-state index in [0.717, 1.165) is 10.2 Å². The van der Waals surface area contributed by atoms with Gasteiger partial charge in [0, 0.05) is 10.2 Å². The van der Waals surface area contributed by atoms with Gasteiger partial charge in [0.15, 0.2) is 0 Å². The van der Waals surface area contributed by atoms with Crippen molar-refractivity contribution in [1.82, 2.24) is 0 Å². The Kier molecular flexibility index (Phi) is 5.73. The Morgan fingerprint density at radius 1 is 1.40 bits per heavy atom. The summed E-state index contributed by atoms with van der Waals surface area (Å²) in [5.74, 6) is 0. The summed E-state index contributed by atoms with van der Waals surface area (Å²) in [5.41, 5.74) is 6.31. The molecule has 0 aliphatic rings. The van der Waals surface area contributed by atoms with Crippen molar-refractivity contribution in [3.8, 4) is 0 Å². The van der Waals surface area contributed by atoms with Crippen molar-refractivity contribution in [2.45, 2.75) is 6.92 Å². The summed E-state index contributed by atoms with van der Waals surface area (Å²) >= 11 is 6.44. The molecule has 0 unspecified atom stereocenters. The van der Waals surface area contributed by atoms with Gasteiger partial charge in [-0.3, -0.25) is 0 Å². The van der Waals surface area contributed by atoms with Crippen molar-refractivity contribution >= 4 is 31.9 Å². The Balaban J connectivity index is 4.33. The number of hydrogen-bond acceptors (Lipinski definition) is 1. The maximum absolute atomic E-state index is 5.59. The zero-order valence-corrected chi connectivity index (χ0v) is 8.81. The van der Waals surface area contributed by atoms with Crippen molar-refractivity contribution in [2.75, 3.05) is 0 Å². The summed E-state index contributed by atoms with van der Waals surface area (Å²) < 4.78 is 0.877. The van der Waals surface area contributed by atoms with Gasteiger partial charge in [-0.2, -0.15) is 0 Å². The minimum atomic E-state index is 0.721. The molecule has 0 aliphatic carbocycles. The average molecular weight is 267 g/mol. The van der Waals surface area contributed by atoms with Crippen LogP contribution in [0.15, 0.2) is 33.4 Å². The lowest BCUT2D eigenvalue weighted by atomic mass is 10.4. The number of nitrogens with two attached hydrogens (primary N) is 1. The van der Waals surface area contributed by atoms with Gasteiger partial charge in [0.1, 0.15) is 0 Å². The molecule has 1 nitrogen and oxygen atoms in total. The van der Waals surface area contributed by atoms with Crippen LogP contribution in [0.4, 0.5) is 0 Å². The van der Waals surface area contributed by atoms with E-state index in [4.69, 9.17) is 5.73 Å². The van der Waals surface area contributed by atoms with Gasteiger partial charge < -0.3 is 5.73 Å². The molecule has 0 rings (SSSR count). The molecule has 0 heterocycles. The van der Waals surface area contributed by atoms with Crippen LogP contribution in [0.25, 0.3) is 0 Å². The van der Waals surface area contributed by atoms with Gasteiger partial charge >= 0.3 is 0 Å². The Morgan fingerprint density at radius 2 is 2.00 bits per heavy atom. The monoisotopic (exact) mass is 265 g/mol. The van der Waals surface area contributed by atoms with Crippen molar-refractivity contribution in [3.05, 3.63) is 33.4 Å². The fourth-order valence-corrected chi connectivity index (χ4v) is 1.29. The molecule has 2 N–H and O–H groups in total. The van der Waals surface area contributed by atoms with Crippen molar-refractivity contribution < 1.29 is 0 Å². The lowest BCUT2D eigenvalue weighted by Crippen LogP contribution is -1.93. The van der Waals surface area contributed by atoms with Crippen LogP contribution in [0, 0.1) is 0 Å². The summed E-state index contributed by atoms with van der Waals surface area (Å²) in [5, 5.41) is 0. The van der Waals surface area contributed by atoms with Crippen LogP contribution in [0.1, 0.15) is 6.92 Å². The zero-order chi connectivity index (χ0) is 7.98. The third kappa shape index (κ3) is 3.90. The molecule has 0 bridgehead atoms. The lowest BCUT2D eigenvalue weighted by Gasteiger charge is -1.92. The molecule has 56 valence electrons. The Morgan fingerprint density at radius 3 is 2.40 bits per heavy atom. The zero-order valence-electron chi connectivity index (χ0n) is 5.64. The molecule has 0 aliphatic heterocycles. The van der Waals surface area contributed by atoms with Crippen LogP contribution in [0.2, 0.25) is 0 Å². The minimum absolute atomic E-state index is 0.721. The lowest BCUT2D eigenvalue weighted by molar-refractivity contribution is 1.41. The van der Waals surface area contributed by atoms with E-state index in [9.17, 15) is 0 Å². The van der Waals surface area contributed by atoms with E-state index in [2.05, 4.69) is 31.9 Å². The molecule has 0 aromatic rings. The highest BCUT2D eigenvalue weighted by atomic mass is 79.9. The van der Waals surface area contributed by atoms with Crippen LogP contribution in [0.3, 0.4) is 0 Å². The number of rotatable bonds is 2.